The minimum atomic E-state index is -0.370. The summed E-state index contributed by atoms with van der Waals surface area (Å²) in [5.41, 5.74) is 8.41. The number of hydrogen-bond acceptors (Lipinski definition) is 3. The molecule has 3 aromatic rings. The second-order valence-corrected chi connectivity index (χ2v) is 5.30. The van der Waals surface area contributed by atoms with Gasteiger partial charge in [0.1, 0.15) is 5.65 Å². The van der Waals surface area contributed by atoms with Gasteiger partial charge in [0.05, 0.1) is 18.5 Å². The van der Waals surface area contributed by atoms with E-state index in [0.29, 0.717) is 5.69 Å². The maximum Gasteiger partial charge on any atom is 0.228 e. The van der Waals surface area contributed by atoms with Crippen molar-refractivity contribution in [3.05, 3.63) is 66.1 Å². The third-order valence-electron chi connectivity index (χ3n) is 3.44. The van der Waals surface area contributed by atoms with Crippen molar-refractivity contribution in [2.75, 3.05) is 5.32 Å². The van der Waals surface area contributed by atoms with Gasteiger partial charge in [-0.05, 0) is 23.3 Å². The summed E-state index contributed by atoms with van der Waals surface area (Å²) in [6.45, 7) is 0. The Hall–Kier alpha value is -3.15. The van der Waals surface area contributed by atoms with E-state index in [0.717, 1.165) is 16.8 Å². The fraction of sp³-hybridized carbons (Fsp3) is 0.118. The molecular formula is C17H16N4O2. The van der Waals surface area contributed by atoms with Crippen molar-refractivity contribution in [3.8, 4) is 0 Å². The molecule has 0 radical (unpaired) electrons. The summed E-state index contributed by atoms with van der Waals surface area (Å²) in [6.07, 6.45) is 5.81. The fourth-order valence-corrected chi connectivity index (χ4v) is 2.36. The predicted octanol–water partition coefficient (Wildman–Crippen LogP) is 1.54. The quantitative estimate of drug-likeness (QED) is 0.749. The topological polar surface area (TPSA) is 89.5 Å². The Morgan fingerprint density at radius 2 is 1.74 bits per heavy atom. The highest BCUT2D eigenvalue weighted by molar-refractivity contribution is 5.92. The average Bonchev–Trinajstić information content (AvgIpc) is 2.96. The smallest absolute Gasteiger partial charge is 0.228 e. The zero-order chi connectivity index (χ0) is 16.2. The van der Waals surface area contributed by atoms with Gasteiger partial charge < -0.3 is 15.5 Å². The van der Waals surface area contributed by atoms with Crippen LogP contribution in [0.1, 0.15) is 11.1 Å². The van der Waals surface area contributed by atoms with E-state index in [9.17, 15) is 9.59 Å². The van der Waals surface area contributed by atoms with E-state index in [1.165, 1.54) is 0 Å². The number of hydrogen-bond donors (Lipinski definition) is 2. The first-order chi connectivity index (χ1) is 11.1. The number of fused-ring (bicyclic) bond motifs is 1. The van der Waals surface area contributed by atoms with Crippen LogP contribution >= 0.6 is 0 Å². The second-order valence-electron chi connectivity index (χ2n) is 5.30. The summed E-state index contributed by atoms with van der Waals surface area (Å²) in [7, 11) is 0. The molecule has 116 valence electrons. The van der Waals surface area contributed by atoms with Gasteiger partial charge in [-0.15, -0.1) is 0 Å². The van der Waals surface area contributed by atoms with Crippen LogP contribution in [0.2, 0.25) is 0 Å². The zero-order valence-corrected chi connectivity index (χ0v) is 12.4. The summed E-state index contributed by atoms with van der Waals surface area (Å²) in [5, 5.41) is 2.86. The Morgan fingerprint density at radius 3 is 2.43 bits per heavy atom. The molecule has 0 spiro atoms. The molecule has 3 rings (SSSR count). The van der Waals surface area contributed by atoms with Crippen LogP contribution in [0.4, 0.5) is 5.69 Å². The summed E-state index contributed by atoms with van der Waals surface area (Å²) in [5.74, 6) is -0.475. The molecule has 0 aliphatic rings. The van der Waals surface area contributed by atoms with Crippen molar-refractivity contribution in [2.24, 2.45) is 5.73 Å². The first-order valence-corrected chi connectivity index (χ1v) is 7.19. The lowest BCUT2D eigenvalue weighted by molar-refractivity contribution is -0.117. The number of pyridine rings is 1. The van der Waals surface area contributed by atoms with Gasteiger partial charge >= 0.3 is 0 Å². The third-order valence-corrected chi connectivity index (χ3v) is 3.44. The predicted molar refractivity (Wildman–Crippen MR) is 86.9 cm³/mol. The Balaban J connectivity index is 1.63. The summed E-state index contributed by atoms with van der Waals surface area (Å²) in [6, 6.07) is 10.9. The van der Waals surface area contributed by atoms with Crippen LogP contribution in [0.15, 0.2) is 55.0 Å². The summed E-state index contributed by atoms with van der Waals surface area (Å²) in [4.78, 5) is 27.1. The molecule has 1 aromatic carbocycles. The number of anilines is 1. The van der Waals surface area contributed by atoms with Crippen LogP contribution in [-0.4, -0.2) is 21.2 Å². The van der Waals surface area contributed by atoms with E-state index in [2.05, 4.69) is 10.3 Å². The standard InChI is InChI=1S/C17H16N4O2/c18-15(22)9-12-1-3-13(4-2-12)10-17(23)20-14-5-6-16-19-7-8-21(16)11-14/h1-8,11H,9-10H2,(H2,18,22)(H,20,23). The second kappa shape index (κ2) is 6.31. The molecule has 23 heavy (non-hydrogen) atoms. The van der Waals surface area contributed by atoms with Gasteiger partial charge in [-0.2, -0.15) is 0 Å². The van der Waals surface area contributed by atoms with E-state index >= 15 is 0 Å². The van der Waals surface area contributed by atoms with Crippen molar-refractivity contribution in [1.29, 1.82) is 0 Å². The van der Waals surface area contributed by atoms with Gasteiger partial charge in [0, 0.05) is 18.6 Å². The molecule has 0 unspecified atom stereocenters. The molecule has 6 heteroatoms. The monoisotopic (exact) mass is 308 g/mol. The Kier molecular flexibility index (Phi) is 4.05. The number of nitrogens with two attached hydrogens (primary N) is 1. The van der Waals surface area contributed by atoms with Crippen molar-refractivity contribution >= 4 is 23.1 Å². The molecule has 0 aliphatic heterocycles. The van der Waals surface area contributed by atoms with Gasteiger partial charge in [0.15, 0.2) is 0 Å². The van der Waals surface area contributed by atoms with Gasteiger partial charge in [-0.3, -0.25) is 9.59 Å². The molecule has 0 aliphatic carbocycles. The number of primary amides is 1. The maximum absolute atomic E-state index is 12.1. The first-order valence-electron chi connectivity index (χ1n) is 7.19. The molecular weight excluding hydrogens is 292 g/mol. The number of benzene rings is 1. The molecule has 0 saturated carbocycles. The number of imidazole rings is 1. The average molecular weight is 308 g/mol. The van der Waals surface area contributed by atoms with E-state index in [1.807, 2.05) is 53.2 Å². The van der Waals surface area contributed by atoms with E-state index in [-0.39, 0.29) is 24.7 Å². The zero-order valence-electron chi connectivity index (χ0n) is 12.4. The van der Waals surface area contributed by atoms with Crippen LogP contribution in [-0.2, 0) is 22.4 Å². The third kappa shape index (κ3) is 3.74. The lowest BCUT2D eigenvalue weighted by Gasteiger charge is -2.06. The normalized spacial score (nSPS) is 10.6. The molecule has 0 saturated heterocycles. The van der Waals surface area contributed by atoms with E-state index < -0.39 is 0 Å². The van der Waals surface area contributed by atoms with Crippen LogP contribution in [0.5, 0.6) is 0 Å². The number of carbonyl (C=O) groups excluding carboxylic acids is 2. The molecule has 2 amide bonds. The number of amides is 2. The largest absolute Gasteiger partial charge is 0.369 e. The number of aromatic nitrogens is 2. The number of rotatable bonds is 5. The van der Waals surface area contributed by atoms with Crippen LogP contribution in [0, 0.1) is 0 Å². The number of nitrogens with one attached hydrogen (secondary N) is 1. The Morgan fingerprint density at radius 1 is 1.04 bits per heavy atom. The highest BCUT2D eigenvalue weighted by Gasteiger charge is 2.06. The molecule has 2 aromatic heterocycles. The molecule has 0 bridgehead atoms. The molecule has 0 fully saturated rings. The first kappa shape index (κ1) is 14.8. The van der Waals surface area contributed by atoms with Crippen molar-refractivity contribution < 1.29 is 9.59 Å². The molecule has 2 heterocycles. The lowest BCUT2D eigenvalue weighted by atomic mass is 10.1. The van der Waals surface area contributed by atoms with Gasteiger partial charge in [0.2, 0.25) is 11.8 Å². The van der Waals surface area contributed by atoms with Gasteiger partial charge in [0.25, 0.3) is 0 Å². The minimum absolute atomic E-state index is 0.105. The van der Waals surface area contributed by atoms with E-state index in [1.54, 1.807) is 6.20 Å². The molecule has 0 atom stereocenters. The minimum Gasteiger partial charge on any atom is -0.369 e. The highest BCUT2D eigenvalue weighted by Crippen LogP contribution is 2.11. The van der Waals surface area contributed by atoms with Crippen LogP contribution in [0.25, 0.3) is 5.65 Å². The van der Waals surface area contributed by atoms with Crippen LogP contribution < -0.4 is 11.1 Å². The lowest BCUT2D eigenvalue weighted by Crippen LogP contribution is -2.15. The van der Waals surface area contributed by atoms with Crippen LogP contribution in [0.3, 0.4) is 0 Å². The highest BCUT2D eigenvalue weighted by atomic mass is 16.1. The van der Waals surface area contributed by atoms with Gasteiger partial charge in [-0.1, -0.05) is 24.3 Å². The van der Waals surface area contributed by atoms with Gasteiger partial charge in [-0.25, -0.2) is 4.98 Å². The summed E-state index contributed by atoms with van der Waals surface area (Å²) >= 11 is 0. The van der Waals surface area contributed by atoms with E-state index in [4.69, 9.17) is 5.73 Å². The van der Waals surface area contributed by atoms with Crippen molar-refractivity contribution in [3.63, 3.8) is 0 Å². The molecule has 3 N–H and O–H groups in total. The molecule has 6 nitrogen and oxygen atoms in total. The van der Waals surface area contributed by atoms with Crippen molar-refractivity contribution in [2.45, 2.75) is 12.8 Å². The Labute approximate surface area is 132 Å². The summed E-state index contributed by atoms with van der Waals surface area (Å²) < 4.78 is 1.84. The number of nitrogens with zero attached hydrogens (tertiary/aromatic N) is 2. The maximum atomic E-state index is 12.1. The fourth-order valence-electron chi connectivity index (χ4n) is 2.36. The Bertz CT molecular complexity index is 852. The van der Waals surface area contributed by atoms with Crippen molar-refractivity contribution in [1.82, 2.24) is 9.38 Å². The SMILES string of the molecule is NC(=O)Cc1ccc(CC(=O)Nc2ccc3nccn3c2)cc1. The number of carbonyl (C=O) groups is 2.